The SMILES string of the molecule is CCN(CC)c1ccc(C(=O)NC(c2ccc(C(C)C)cc2)C(O)C(=O)Nc2ccc3c(N)nccc3c2)cc1. The lowest BCUT2D eigenvalue weighted by Gasteiger charge is -2.25. The average molecular weight is 540 g/mol. The summed E-state index contributed by atoms with van der Waals surface area (Å²) >= 11 is 0. The van der Waals surface area contributed by atoms with E-state index in [2.05, 4.69) is 48.2 Å². The average Bonchev–Trinajstić information content (AvgIpc) is 2.96. The number of fused-ring (bicyclic) bond motifs is 1. The van der Waals surface area contributed by atoms with Gasteiger partial charge in [0.15, 0.2) is 6.10 Å². The Morgan fingerprint density at radius 3 is 2.20 bits per heavy atom. The molecule has 1 heterocycles. The Hall–Kier alpha value is -4.43. The minimum absolute atomic E-state index is 0.316. The lowest BCUT2D eigenvalue weighted by atomic mass is 9.95. The van der Waals surface area contributed by atoms with Crippen molar-refractivity contribution in [1.82, 2.24) is 10.3 Å². The fourth-order valence-corrected chi connectivity index (χ4v) is 4.72. The number of carbonyl (C=O) groups excluding carboxylic acids is 2. The molecule has 0 aliphatic carbocycles. The molecule has 8 heteroatoms. The fourth-order valence-electron chi connectivity index (χ4n) is 4.72. The topological polar surface area (TPSA) is 121 Å². The molecule has 3 aromatic carbocycles. The molecule has 2 unspecified atom stereocenters. The van der Waals surface area contributed by atoms with Crippen molar-refractivity contribution in [2.24, 2.45) is 0 Å². The van der Waals surface area contributed by atoms with Crippen LogP contribution < -0.4 is 21.3 Å². The van der Waals surface area contributed by atoms with E-state index in [0.717, 1.165) is 35.1 Å². The van der Waals surface area contributed by atoms with Crippen molar-refractivity contribution in [3.05, 3.63) is 95.7 Å². The van der Waals surface area contributed by atoms with Gasteiger partial charge < -0.3 is 26.4 Å². The van der Waals surface area contributed by atoms with Gasteiger partial charge in [-0.15, -0.1) is 0 Å². The van der Waals surface area contributed by atoms with Gasteiger partial charge in [-0.1, -0.05) is 38.1 Å². The minimum Gasteiger partial charge on any atom is -0.383 e. The molecule has 40 heavy (non-hydrogen) atoms. The van der Waals surface area contributed by atoms with Gasteiger partial charge in [0.25, 0.3) is 11.8 Å². The van der Waals surface area contributed by atoms with Crippen LogP contribution in [0.15, 0.2) is 79.0 Å². The predicted octanol–water partition coefficient (Wildman–Crippen LogP) is 5.26. The lowest BCUT2D eigenvalue weighted by molar-refractivity contribution is -0.125. The van der Waals surface area contributed by atoms with E-state index in [0.29, 0.717) is 28.6 Å². The van der Waals surface area contributed by atoms with Crippen molar-refractivity contribution < 1.29 is 14.7 Å². The summed E-state index contributed by atoms with van der Waals surface area (Å²) < 4.78 is 0. The fraction of sp³-hybridized carbons (Fsp3) is 0.281. The van der Waals surface area contributed by atoms with Gasteiger partial charge in [0.1, 0.15) is 5.82 Å². The van der Waals surface area contributed by atoms with Gasteiger partial charge in [-0.25, -0.2) is 4.98 Å². The molecule has 0 aliphatic rings. The number of aromatic nitrogens is 1. The highest BCUT2D eigenvalue weighted by Gasteiger charge is 2.30. The molecule has 2 amide bonds. The van der Waals surface area contributed by atoms with Crippen molar-refractivity contribution in [2.45, 2.75) is 45.8 Å². The zero-order chi connectivity index (χ0) is 28.8. The third-order valence-corrected chi connectivity index (χ3v) is 7.15. The van der Waals surface area contributed by atoms with Crippen molar-refractivity contribution in [3.63, 3.8) is 0 Å². The lowest BCUT2D eigenvalue weighted by Crippen LogP contribution is -2.42. The summed E-state index contributed by atoms with van der Waals surface area (Å²) in [6, 6.07) is 20.9. The molecule has 208 valence electrons. The van der Waals surface area contributed by atoms with Crippen molar-refractivity contribution >= 4 is 39.8 Å². The Bertz CT molecular complexity index is 1460. The number of aliphatic hydroxyl groups is 1. The monoisotopic (exact) mass is 539 g/mol. The number of anilines is 3. The number of rotatable bonds is 10. The summed E-state index contributed by atoms with van der Waals surface area (Å²) in [5, 5.41) is 18.5. The highest BCUT2D eigenvalue weighted by molar-refractivity contribution is 6.00. The summed E-state index contributed by atoms with van der Waals surface area (Å²) in [6.45, 7) is 10.1. The Morgan fingerprint density at radius 2 is 1.57 bits per heavy atom. The molecule has 4 rings (SSSR count). The standard InChI is InChI=1S/C32H37N5O3/c1-5-37(6-2)26-14-11-23(12-15-26)31(39)36-28(22-9-7-21(8-10-22)20(3)4)29(38)32(40)35-25-13-16-27-24(19-25)17-18-34-30(27)33/h7-20,28-29,38H,5-6H2,1-4H3,(H2,33,34)(H,35,40)(H,36,39). The normalized spacial score (nSPS) is 12.7. The smallest absolute Gasteiger partial charge is 0.255 e. The summed E-state index contributed by atoms with van der Waals surface area (Å²) in [7, 11) is 0. The summed E-state index contributed by atoms with van der Waals surface area (Å²) in [4.78, 5) is 32.8. The van der Waals surface area contributed by atoms with Crippen LogP contribution in [0, 0.1) is 0 Å². The third-order valence-electron chi connectivity index (χ3n) is 7.15. The van der Waals surface area contributed by atoms with E-state index in [9.17, 15) is 14.7 Å². The van der Waals surface area contributed by atoms with E-state index in [-0.39, 0.29) is 5.91 Å². The Balaban J connectivity index is 1.58. The maximum atomic E-state index is 13.3. The first-order valence-corrected chi connectivity index (χ1v) is 13.6. The number of nitrogens with two attached hydrogens (primary N) is 1. The second kappa shape index (κ2) is 12.6. The maximum Gasteiger partial charge on any atom is 0.255 e. The predicted molar refractivity (Wildman–Crippen MR) is 162 cm³/mol. The number of benzene rings is 3. The number of nitrogen functional groups attached to an aromatic ring is 1. The number of amides is 2. The molecule has 1 aromatic heterocycles. The molecule has 0 spiro atoms. The first-order valence-electron chi connectivity index (χ1n) is 13.6. The minimum atomic E-state index is -1.55. The van der Waals surface area contributed by atoms with Gasteiger partial charge in [0.2, 0.25) is 0 Å². The zero-order valence-electron chi connectivity index (χ0n) is 23.4. The van der Waals surface area contributed by atoms with E-state index in [1.54, 1.807) is 42.6 Å². The van der Waals surface area contributed by atoms with Gasteiger partial charge in [0.05, 0.1) is 6.04 Å². The van der Waals surface area contributed by atoms with Crippen LogP contribution in [0.5, 0.6) is 0 Å². The molecule has 0 saturated heterocycles. The second-order valence-electron chi connectivity index (χ2n) is 10.1. The van der Waals surface area contributed by atoms with E-state index in [1.807, 2.05) is 36.4 Å². The molecule has 0 saturated carbocycles. The van der Waals surface area contributed by atoms with Crippen LogP contribution in [0.3, 0.4) is 0 Å². The van der Waals surface area contributed by atoms with Crippen LogP contribution in [0.1, 0.15) is 61.1 Å². The largest absolute Gasteiger partial charge is 0.383 e. The first kappa shape index (κ1) is 28.6. The molecule has 0 bridgehead atoms. The van der Waals surface area contributed by atoms with Crippen LogP contribution in [0.2, 0.25) is 0 Å². The molecule has 0 aliphatic heterocycles. The molecule has 8 nitrogen and oxygen atoms in total. The van der Waals surface area contributed by atoms with E-state index in [4.69, 9.17) is 5.73 Å². The summed E-state index contributed by atoms with van der Waals surface area (Å²) in [5.41, 5.74) is 9.63. The highest BCUT2D eigenvalue weighted by Crippen LogP contribution is 2.25. The molecule has 5 N–H and O–H groups in total. The van der Waals surface area contributed by atoms with Crippen LogP contribution >= 0.6 is 0 Å². The zero-order valence-corrected chi connectivity index (χ0v) is 23.4. The molecule has 4 aromatic rings. The molecular formula is C32H37N5O3. The first-order chi connectivity index (χ1) is 19.2. The van der Waals surface area contributed by atoms with Crippen molar-refractivity contribution in [2.75, 3.05) is 29.0 Å². The quantitative estimate of drug-likeness (QED) is 0.218. The highest BCUT2D eigenvalue weighted by atomic mass is 16.3. The Kier molecular flexibility index (Phi) is 9.01. The number of nitrogens with one attached hydrogen (secondary N) is 2. The van der Waals surface area contributed by atoms with Gasteiger partial charge >= 0.3 is 0 Å². The maximum absolute atomic E-state index is 13.3. The van der Waals surface area contributed by atoms with Gasteiger partial charge in [-0.3, -0.25) is 9.59 Å². The number of carbonyl (C=O) groups is 2. The Morgan fingerprint density at radius 1 is 0.925 bits per heavy atom. The van der Waals surface area contributed by atoms with Gasteiger partial charge in [-0.2, -0.15) is 0 Å². The van der Waals surface area contributed by atoms with Gasteiger partial charge in [0, 0.05) is 41.6 Å². The van der Waals surface area contributed by atoms with Crippen LogP contribution in [-0.2, 0) is 4.79 Å². The molecular weight excluding hydrogens is 502 g/mol. The number of hydrogen-bond donors (Lipinski definition) is 4. The van der Waals surface area contributed by atoms with Crippen molar-refractivity contribution in [1.29, 1.82) is 0 Å². The van der Waals surface area contributed by atoms with E-state index in [1.165, 1.54) is 0 Å². The molecule has 0 radical (unpaired) electrons. The summed E-state index contributed by atoms with van der Waals surface area (Å²) in [5.74, 6) is -0.314. The molecule has 2 atom stereocenters. The summed E-state index contributed by atoms with van der Waals surface area (Å²) in [6.07, 6.45) is 0.0426. The van der Waals surface area contributed by atoms with Gasteiger partial charge in [-0.05, 0) is 84.8 Å². The van der Waals surface area contributed by atoms with Crippen LogP contribution in [0.4, 0.5) is 17.2 Å². The van der Waals surface area contributed by atoms with Crippen molar-refractivity contribution in [3.8, 4) is 0 Å². The number of nitrogens with zero attached hydrogens (tertiary/aromatic N) is 2. The number of hydrogen-bond acceptors (Lipinski definition) is 6. The molecule has 0 fully saturated rings. The van der Waals surface area contributed by atoms with E-state index < -0.39 is 18.1 Å². The third kappa shape index (κ3) is 6.40. The second-order valence-corrected chi connectivity index (χ2v) is 10.1. The number of pyridine rings is 1. The number of aliphatic hydroxyl groups excluding tert-OH is 1. The Labute approximate surface area is 235 Å². The van der Waals surface area contributed by atoms with Crippen LogP contribution in [-0.4, -0.2) is 41.1 Å². The van der Waals surface area contributed by atoms with Crippen LogP contribution in [0.25, 0.3) is 10.8 Å². The van der Waals surface area contributed by atoms with E-state index >= 15 is 0 Å².